The van der Waals surface area contributed by atoms with Crippen molar-refractivity contribution in [1.82, 2.24) is 0 Å². The van der Waals surface area contributed by atoms with Crippen LogP contribution in [-0.4, -0.2) is 17.9 Å². The lowest BCUT2D eigenvalue weighted by Crippen LogP contribution is -2.38. The van der Waals surface area contributed by atoms with Crippen LogP contribution in [0.2, 0.25) is 0 Å². The Labute approximate surface area is 173 Å². The Morgan fingerprint density at radius 3 is 2.23 bits per heavy atom. The predicted molar refractivity (Wildman–Crippen MR) is 110 cm³/mol. The normalized spacial score (nSPS) is 23.2. The van der Waals surface area contributed by atoms with Gasteiger partial charge in [0, 0.05) is 0 Å². The zero-order chi connectivity index (χ0) is 20.8. The lowest BCUT2D eigenvalue weighted by atomic mass is 9.88. The molecule has 2 amide bonds. The van der Waals surface area contributed by atoms with Gasteiger partial charge in [-0.25, -0.2) is 14.4 Å². The third-order valence-electron chi connectivity index (χ3n) is 5.73. The summed E-state index contributed by atoms with van der Waals surface area (Å²) in [4.78, 5) is 33.6. The monoisotopic (exact) mass is 402 g/mol. The Kier molecular flexibility index (Phi) is 4.37. The first-order valence-electron chi connectivity index (χ1n) is 9.77. The number of halogens is 1. The summed E-state index contributed by atoms with van der Waals surface area (Å²) < 4.78 is 14.4. The van der Waals surface area contributed by atoms with Crippen LogP contribution in [0.3, 0.4) is 0 Å². The van der Waals surface area contributed by atoms with E-state index in [0.717, 1.165) is 21.7 Å². The Hall–Kier alpha value is -3.51. The first kappa shape index (κ1) is 18.5. The highest BCUT2D eigenvalue weighted by Crippen LogP contribution is 2.48. The molecule has 150 valence electrons. The van der Waals surface area contributed by atoms with Gasteiger partial charge < -0.3 is 0 Å². The second-order valence-electron chi connectivity index (χ2n) is 7.48. The first-order chi connectivity index (χ1) is 14.6. The number of aryl methyl sites for hydroxylation is 1. The number of hydroxylamine groups is 1. The van der Waals surface area contributed by atoms with Gasteiger partial charge in [-0.2, -0.15) is 0 Å². The number of hydrogen-bond acceptors (Lipinski definition) is 4. The third-order valence-corrected chi connectivity index (χ3v) is 5.73. The standard InChI is InChI=1S/C24H19FN2O3/c1-15-9-5-6-12-17(15)21-20-22(30-27(21)16-10-3-2-4-11-16)24(29)26(23(20)28)19-14-8-7-13-18(19)25/h2-14,20-22H,1H3/t20-,21-,22+/m0/s1. The summed E-state index contributed by atoms with van der Waals surface area (Å²) in [6, 6.07) is 22.4. The summed E-state index contributed by atoms with van der Waals surface area (Å²) in [5.41, 5.74) is 2.58. The molecule has 0 radical (unpaired) electrons. The van der Waals surface area contributed by atoms with Crippen LogP contribution < -0.4 is 9.96 Å². The molecule has 3 aromatic carbocycles. The maximum atomic E-state index is 14.4. The summed E-state index contributed by atoms with van der Waals surface area (Å²) >= 11 is 0. The maximum absolute atomic E-state index is 14.4. The van der Waals surface area contributed by atoms with Crippen LogP contribution in [0.1, 0.15) is 17.2 Å². The lowest BCUT2D eigenvalue weighted by Gasteiger charge is -2.29. The molecular weight excluding hydrogens is 383 g/mol. The van der Waals surface area contributed by atoms with Crippen LogP contribution >= 0.6 is 0 Å². The number of nitrogens with zero attached hydrogens (tertiary/aromatic N) is 2. The highest BCUT2D eigenvalue weighted by molar-refractivity contribution is 6.24. The van der Waals surface area contributed by atoms with Crippen molar-refractivity contribution in [3.05, 3.63) is 95.8 Å². The molecule has 0 N–H and O–H groups in total. The molecule has 3 aromatic rings. The molecule has 0 unspecified atom stereocenters. The molecule has 5 nitrogen and oxygen atoms in total. The van der Waals surface area contributed by atoms with E-state index >= 15 is 0 Å². The van der Waals surface area contributed by atoms with Crippen molar-refractivity contribution < 1.29 is 18.8 Å². The molecular formula is C24H19FN2O3. The fourth-order valence-corrected chi connectivity index (χ4v) is 4.32. The molecule has 2 fully saturated rings. The predicted octanol–water partition coefficient (Wildman–Crippen LogP) is 4.19. The van der Waals surface area contributed by atoms with E-state index in [4.69, 9.17) is 4.84 Å². The fraction of sp³-hybridized carbons (Fsp3) is 0.167. The van der Waals surface area contributed by atoms with Gasteiger partial charge in [0.2, 0.25) is 5.91 Å². The van der Waals surface area contributed by atoms with Crippen molar-refractivity contribution in [3.63, 3.8) is 0 Å². The van der Waals surface area contributed by atoms with Crippen LogP contribution in [0.25, 0.3) is 0 Å². The number of carbonyl (C=O) groups is 2. The van der Waals surface area contributed by atoms with Gasteiger partial charge in [0.15, 0.2) is 6.10 Å². The molecule has 2 heterocycles. The minimum atomic E-state index is -1.01. The van der Waals surface area contributed by atoms with Crippen LogP contribution in [0.4, 0.5) is 15.8 Å². The molecule has 0 saturated carbocycles. The Morgan fingerprint density at radius 1 is 0.833 bits per heavy atom. The largest absolute Gasteiger partial charge is 0.273 e. The number of amides is 2. The number of fused-ring (bicyclic) bond motifs is 1. The van der Waals surface area contributed by atoms with Crippen molar-refractivity contribution in [3.8, 4) is 0 Å². The number of benzene rings is 3. The summed E-state index contributed by atoms with van der Waals surface area (Å²) in [6.07, 6.45) is -1.01. The molecule has 2 saturated heterocycles. The number of para-hydroxylation sites is 2. The van der Waals surface area contributed by atoms with E-state index in [1.165, 1.54) is 18.2 Å². The van der Waals surface area contributed by atoms with E-state index in [-0.39, 0.29) is 5.69 Å². The molecule has 0 bridgehead atoms. The average Bonchev–Trinajstić information content (AvgIpc) is 3.26. The molecule has 6 heteroatoms. The zero-order valence-corrected chi connectivity index (χ0v) is 16.2. The van der Waals surface area contributed by atoms with Crippen LogP contribution in [-0.2, 0) is 14.4 Å². The lowest BCUT2D eigenvalue weighted by molar-refractivity contribution is -0.126. The number of imide groups is 1. The minimum absolute atomic E-state index is 0.0414. The number of anilines is 2. The maximum Gasteiger partial charge on any atom is 0.266 e. The molecule has 0 spiro atoms. The first-order valence-corrected chi connectivity index (χ1v) is 9.77. The topological polar surface area (TPSA) is 49.9 Å². The van der Waals surface area contributed by atoms with E-state index in [0.29, 0.717) is 0 Å². The number of hydrogen-bond donors (Lipinski definition) is 0. The highest BCUT2D eigenvalue weighted by Gasteiger charge is 2.60. The molecule has 0 aromatic heterocycles. The van der Waals surface area contributed by atoms with Gasteiger partial charge in [0.1, 0.15) is 11.7 Å². The Morgan fingerprint density at radius 2 is 1.50 bits per heavy atom. The van der Waals surface area contributed by atoms with Crippen LogP contribution in [0.15, 0.2) is 78.9 Å². The third kappa shape index (κ3) is 2.72. The van der Waals surface area contributed by atoms with Crippen molar-refractivity contribution in [2.45, 2.75) is 19.1 Å². The van der Waals surface area contributed by atoms with Gasteiger partial charge in [0.25, 0.3) is 5.91 Å². The molecule has 30 heavy (non-hydrogen) atoms. The van der Waals surface area contributed by atoms with Gasteiger partial charge >= 0.3 is 0 Å². The van der Waals surface area contributed by atoms with Gasteiger partial charge in [-0.3, -0.25) is 14.4 Å². The van der Waals surface area contributed by atoms with Crippen molar-refractivity contribution in [1.29, 1.82) is 0 Å². The fourth-order valence-electron chi connectivity index (χ4n) is 4.32. The smallest absolute Gasteiger partial charge is 0.266 e. The second-order valence-corrected chi connectivity index (χ2v) is 7.48. The van der Waals surface area contributed by atoms with Crippen molar-refractivity contribution >= 4 is 23.2 Å². The highest BCUT2D eigenvalue weighted by atomic mass is 19.1. The van der Waals surface area contributed by atoms with Gasteiger partial charge in [-0.05, 0) is 42.3 Å². The van der Waals surface area contributed by atoms with E-state index < -0.39 is 35.7 Å². The molecule has 2 aliphatic heterocycles. The number of carbonyl (C=O) groups excluding carboxylic acids is 2. The summed E-state index contributed by atoms with van der Waals surface area (Å²) in [7, 11) is 0. The van der Waals surface area contributed by atoms with Crippen LogP contribution in [0.5, 0.6) is 0 Å². The quantitative estimate of drug-likeness (QED) is 0.617. The van der Waals surface area contributed by atoms with E-state index in [9.17, 15) is 14.0 Å². The molecule has 2 aliphatic rings. The van der Waals surface area contributed by atoms with Gasteiger partial charge in [-0.15, -0.1) is 0 Å². The van der Waals surface area contributed by atoms with E-state index in [1.807, 2.05) is 61.5 Å². The Bertz CT molecular complexity index is 1130. The molecule has 0 aliphatic carbocycles. The van der Waals surface area contributed by atoms with Gasteiger partial charge in [-0.1, -0.05) is 54.6 Å². The minimum Gasteiger partial charge on any atom is -0.273 e. The van der Waals surface area contributed by atoms with Crippen molar-refractivity contribution in [2.24, 2.45) is 5.92 Å². The average molecular weight is 402 g/mol. The second kappa shape index (κ2) is 7.07. The molecule has 3 atom stereocenters. The summed E-state index contributed by atoms with van der Waals surface area (Å²) in [6.45, 7) is 1.96. The summed E-state index contributed by atoms with van der Waals surface area (Å²) in [5.74, 6) is -2.40. The van der Waals surface area contributed by atoms with Crippen LogP contribution in [0, 0.1) is 18.7 Å². The SMILES string of the molecule is Cc1ccccc1[C@H]1[C@@H]2C(=O)N(c3ccccc3F)C(=O)[C@@H]2ON1c1ccccc1. The molecule has 5 rings (SSSR count). The van der Waals surface area contributed by atoms with Gasteiger partial charge in [0.05, 0.1) is 17.4 Å². The summed E-state index contributed by atoms with van der Waals surface area (Å²) in [5, 5.41) is 1.64. The van der Waals surface area contributed by atoms with E-state index in [2.05, 4.69) is 0 Å². The van der Waals surface area contributed by atoms with E-state index in [1.54, 1.807) is 11.1 Å². The Balaban J connectivity index is 1.62. The zero-order valence-electron chi connectivity index (χ0n) is 16.2. The number of rotatable bonds is 3. The van der Waals surface area contributed by atoms with Crippen molar-refractivity contribution in [2.75, 3.05) is 9.96 Å².